The second-order valence-corrected chi connectivity index (χ2v) is 4.95. The van der Waals surface area contributed by atoms with Crippen LogP contribution in [0.3, 0.4) is 0 Å². The Balaban J connectivity index is 2.14. The Morgan fingerprint density at radius 2 is 1.61 bits per heavy atom. The van der Waals surface area contributed by atoms with Gasteiger partial charge in [-0.15, -0.1) is 0 Å². The average molecular weight is 236 g/mol. The highest BCUT2D eigenvalue weighted by atomic mass is 14.0. The van der Waals surface area contributed by atoms with Crippen LogP contribution in [0.5, 0.6) is 0 Å². The summed E-state index contributed by atoms with van der Waals surface area (Å²) in [6.07, 6.45) is 3.31. The average Bonchev–Trinajstić information content (AvgIpc) is 2.36. The minimum Gasteiger partial charge on any atom is -0.0766 e. The second-order valence-electron chi connectivity index (χ2n) is 4.95. The first-order chi connectivity index (χ1) is 8.65. The van der Waals surface area contributed by atoms with E-state index in [0.717, 1.165) is 6.42 Å². The Kier molecular flexibility index (Phi) is 3.99. The molecule has 0 amide bonds. The van der Waals surface area contributed by atoms with Crippen LogP contribution in [0.1, 0.15) is 29.2 Å². The third kappa shape index (κ3) is 3.33. The molecule has 92 valence electrons. The van der Waals surface area contributed by atoms with Gasteiger partial charge >= 0.3 is 0 Å². The number of benzene rings is 2. The molecular weight excluding hydrogens is 216 g/mol. The van der Waals surface area contributed by atoms with Crippen LogP contribution in [-0.4, -0.2) is 0 Å². The molecular formula is C18H20. The number of rotatable bonds is 3. The van der Waals surface area contributed by atoms with Gasteiger partial charge in [-0.25, -0.2) is 0 Å². The van der Waals surface area contributed by atoms with Gasteiger partial charge < -0.3 is 0 Å². The number of hydrogen-bond acceptors (Lipinski definition) is 0. The number of aryl methyl sites for hydroxylation is 2. The third-order valence-electron chi connectivity index (χ3n) is 3.20. The quantitative estimate of drug-likeness (QED) is 0.707. The molecule has 0 spiro atoms. The van der Waals surface area contributed by atoms with E-state index >= 15 is 0 Å². The zero-order valence-corrected chi connectivity index (χ0v) is 11.4. The maximum Gasteiger partial charge on any atom is -0.00914 e. The Morgan fingerprint density at radius 3 is 2.28 bits per heavy atom. The molecule has 0 heterocycles. The van der Waals surface area contributed by atoms with Crippen LogP contribution in [0.2, 0.25) is 0 Å². The molecule has 0 aliphatic carbocycles. The predicted molar refractivity (Wildman–Crippen MR) is 79.7 cm³/mol. The van der Waals surface area contributed by atoms with Crippen LogP contribution in [0.15, 0.2) is 54.6 Å². The summed E-state index contributed by atoms with van der Waals surface area (Å²) >= 11 is 0. The second kappa shape index (κ2) is 5.68. The van der Waals surface area contributed by atoms with Crippen molar-refractivity contribution >= 4 is 5.57 Å². The van der Waals surface area contributed by atoms with Gasteiger partial charge in [-0.3, -0.25) is 0 Å². The fourth-order valence-corrected chi connectivity index (χ4v) is 2.12. The Hall–Kier alpha value is -1.82. The lowest BCUT2D eigenvalue weighted by atomic mass is 10.0. The summed E-state index contributed by atoms with van der Waals surface area (Å²) in [5, 5.41) is 0. The van der Waals surface area contributed by atoms with Gasteiger partial charge in [0.1, 0.15) is 0 Å². The Morgan fingerprint density at radius 1 is 0.944 bits per heavy atom. The lowest BCUT2D eigenvalue weighted by Gasteiger charge is -2.04. The number of hydrogen-bond donors (Lipinski definition) is 0. The smallest absolute Gasteiger partial charge is 0.00914 e. The van der Waals surface area contributed by atoms with Gasteiger partial charge in [-0.05, 0) is 43.9 Å². The minimum atomic E-state index is 1.00. The fraction of sp³-hybridized carbons (Fsp3) is 0.222. The van der Waals surface area contributed by atoms with E-state index < -0.39 is 0 Å². The Bertz CT molecular complexity index is 562. The summed E-state index contributed by atoms with van der Waals surface area (Å²) in [6.45, 7) is 6.46. The molecule has 0 saturated heterocycles. The summed E-state index contributed by atoms with van der Waals surface area (Å²) in [6, 6.07) is 17.4. The van der Waals surface area contributed by atoms with Gasteiger partial charge in [0.2, 0.25) is 0 Å². The van der Waals surface area contributed by atoms with Crippen LogP contribution in [-0.2, 0) is 6.42 Å². The van der Waals surface area contributed by atoms with Crippen molar-refractivity contribution in [2.24, 2.45) is 0 Å². The largest absolute Gasteiger partial charge is 0.0766 e. The van der Waals surface area contributed by atoms with E-state index in [9.17, 15) is 0 Å². The van der Waals surface area contributed by atoms with Gasteiger partial charge in [-0.1, -0.05) is 65.7 Å². The highest BCUT2D eigenvalue weighted by molar-refractivity contribution is 5.64. The molecule has 2 aromatic rings. The molecule has 2 aromatic carbocycles. The van der Waals surface area contributed by atoms with Gasteiger partial charge in [0.15, 0.2) is 0 Å². The molecule has 2 rings (SSSR count). The van der Waals surface area contributed by atoms with Crippen molar-refractivity contribution in [3.63, 3.8) is 0 Å². The molecule has 0 atom stereocenters. The van der Waals surface area contributed by atoms with E-state index in [1.54, 1.807) is 0 Å². The van der Waals surface area contributed by atoms with Crippen molar-refractivity contribution in [2.75, 3.05) is 0 Å². The maximum atomic E-state index is 2.31. The van der Waals surface area contributed by atoms with Crippen LogP contribution in [0.25, 0.3) is 5.57 Å². The zero-order chi connectivity index (χ0) is 13.0. The number of allylic oxidation sites excluding steroid dienone is 2. The van der Waals surface area contributed by atoms with E-state index in [0.29, 0.717) is 0 Å². The summed E-state index contributed by atoms with van der Waals surface area (Å²) in [4.78, 5) is 0. The molecule has 0 saturated carbocycles. The summed E-state index contributed by atoms with van der Waals surface area (Å²) < 4.78 is 0. The van der Waals surface area contributed by atoms with Crippen molar-refractivity contribution in [3.05, 3.63) is 76.9 Å². The molecule has 18 heavy (non-hydrogen) atoms. The first-order valence-electron chi connectivity index (χ1n) is 6.44. The lowest BCUT2D eigenvalue weighted by molar-refractivity contribution is 1.24. The van der Waals surface area contributed by atoms with Gasteiger partial charge in [0.25, 0.3) is 0 Å². The van der Waals surface area contributed by atoms with Crippen molar-refractivity contribution in [1.29, 1.82) is 0 Å². The SMILES string of the molecule is C/C(=C\Cc1cccc(C)c1)c1cccc(C)c1. The summed E-state index contributed by atoms with van der Waals surface area (Å²) in [5.74, 6) is 0. The first kappa shape index (κ1) is 12.6. The third-order valence-corrected chi connectivity index (χ3v) is 3.20. The minimum absolute atomic E-state index is 1.00. The standard InChI is InChI=1S/C18H20/c1-14-6-4-8-17(12-14)11-10-16(3)18-9-5-7-15(2)13-18/h4-10,12-13H,11H2,1-3H3/b16-10+. The molecule has 0 bridgehead atoms. The summed E-state index contributed by atoms with van der Waals surface area (Å²) in [7, 11) is 0. The molecule has 0 N–H and O–H groups in total. The van der Waals surface area contributed by atoms with E-state index in [2.05, 4.69) is 75.4 Å². The molecule has 0 aliphatic rings. The van der Waals surface area contributed by atoms with Crippen molar-refractivity contribution < 1.29 is 0 Å². The monoisotopic (exact) mass is 236 g/mol. The van der Waals surface area contributed by atoms with Crippen LogP contribution < -0.4 is 0 Å². The summed E-state index contributed by atoms with van der Waals surface area (Å²) in [5.41, 5.74) is 6.69. The maximum absolute atomic E-state index is 2.31. The van der Waals surface area contributed by atoms with E-state index in [1.807, 2.05) is 0 Å². The van der Waals surface area contributed by atoms with Crippen LogP contribution in [0, 0.1) is 13.8 Å². The molecule has 0 heteroatoms. The van der Waals surface area contributed by atoms with E-state index in [4.69, 9.17) is 0 Å². The molecule has 0 nitrogen and oxygen atoms in total. The molecule has 0 aliphatic heterocycles. The molecule has 0 fully saturated rings. The topological polar surface area (TPSA) is 0 Å². The highest BCUT2D eigenvalue weighted by Gasteiger charge is 1.96. The normalized spacial score (nSPS) is 11.6. The van der Waals surface area contributed by atoms with E-state index in [-0.39, 0.29) is 0 Å². The van der Waals surface area contributed by atoms with E-state index in [1.165, 1.54) is 27.8 Å². The van der Waals surface area contributed by atoms with Crippen molar-refractivity contribution in [2.45, 2.75) is 27.2 Å². The zero-order valence-electron chi connectivity index (χ0n) is 11.4. The van der Waals surface area contributed by atoms with Gasteiger partial charge in [0, 0.05) is 0 Å². The van der Waals surface area contributed by atoms with Crippen molar-refractivity contribution in [1.82, 2.24) is 0 Å². The predicted octanol–water partition coefficient (Wildman–Crippen LogP) is 4.95. The lowest BCUT2D eigenvalue weighted by Crippen LogP contribution is -1.85. The van der Waals surface area contributed by atoms with Gasteiger partial charge in [0.05, 0.1) is 0 Å². The molecule has 0 unspecified atom stereocenters. The van der Waals surface area contributed by atoms with Crippen LogP contribution >= 0.6 is 0 Å². The first-order valence-corrected chi connectivity index (χ1v) is 6.44. The van der Waals surface area contributed by atoms with Crippen molar-refractivity contribution in [3.8, 4) is 0 Å². The van der Waals surface area contributed by atoms with Gasteiger partial charge in [-0.2, -0.15) is 0 Å². The fourth-order valence-electron chi connectivity index (χ4n) is 2.12. The molecule has 0 aromatic heterocycles. The van der Waals surface area contributed by atoms with Crippen LogP contribution in [0.4, 0.5) is 0 Å². The Labute approximate surface area is 110 Å². The molecule has 0 radical (unpaired) electrons. The highest BCUT2D eigenvalue weighted by Crippen LogP contribution is 2.16.